The SMILES string of the molecule is CC(C)(C)c1cc2c(C(C)(C)C)ccnc2s1. The highest BCUT2D eigenvalue weighted by Crippen LogP contribution is 2.37. The van der Waals surface area contributed by atoms with Crippen molar-refractivity contribution in [2.24, 2.45) is 0 Å². The zero-order chi connectivity index (χ0) is 12.8. The van der Waals surface area contributed by atoms with Gasteiger partial charge in [0.2, 0.25) is 0 Å². The summed E-state index contributed by atoms with van der Waals surface area (Å²) in [5, 5.41) is 1.33. The highest BCUT2D eigenvalue weighted by molar-refractivity contribution is 7.18. The van der Waals surface area contributed by atoms with Crippen molar-refractivity contribution in [2.75, 3.05) is 0 Å². The predicted octanol–water partition coefficient (Wildman–Crippen LogP) is 4.89. The van der Waals surface area contributed by atoms with Gasteiger partial charge in [0.25, 0.3) is 0 Å². The van der Waals surface area contributed by atoms with Gasteiger partial charge in [0.05, 0.1) is 0 Å². The van der Waals surface area contributed by atoms with Crippen LogP contribution in [-0.4, -0.2) is 4.98 Å². The maximum Gasteiger partial charge on any atom is 0.123 e. The first kappa shape index (κ1) is 12.6. The largest absolute Gasteiger partial charge is 0.245 e. The maximum atomic E-state index is 4.51. The van der Waals surface area contributed by atoms with E-state index in [0.717, 1.165) is 0 Å². The Hall–Kier alpha value is -0.890. The summed E-state index contributed by atoms with van der Waals surface area (Å²) >= 11 is 1.82. The van der Waals surface area contributed by atoms with Gasteiger partial charge in [-0.15, -0.1) is 11.3 Å². The summed E-state index contributed by atoms with van der Waals surface area (Å²) in [6.45, 7) is 13.6. The fourth-order valence-corrected chi connectivity index (χ4v) is 3.05. The normalized spacial score (nSPS) is 13.3. The van der Waals surface area contributed by atoms with E-state index in [9.17, 15) is 0 Å². The van der Waals surface area contributed by atoms with Crippen LogP contribution in [0.1, 0.15) is 52.0 Å². The van der Waals surface area contributed by atoms with Crippen LogP contribution < -0.4 is 0 Å². The van der Waals surface area contributed by atoms with Gasteiger partial charge in [-0.25, -0.2) is 4.98 Å². The molecular formula is C15H21NS. The molecule has 0 amide bonds. The average molecular weight is 247 g/mol. The van der Waals surface area contributed by atoms with Crippen LogP contribution in [0.4, 0.5) is 0 Å². The minimum Gasteiger partial charge on any atom is -0.245 e. The summed E-state index contributed by atoms with van der Waals surface area (Å²) < 4.78 is 0. The monoisotopic (exact) mass is 247 g/mol. The minimum atomic E-state index is 0.178. The van der Waals surface area contributed by atoms with Crippen LogP contribution in [0.3, 0.4) is 0 Å². The van der Waals surface area contributed by atoms with Crippen molar-refractivity contribution in [3.63, 3.8) is 0 Å². The number of aromatic nitrogens is 1. The van der Waals surface area contributed by atoms with Crippen LogP contribution in [0.25, 0.3) is 10.2 Å². The van der Waals surface area contributed by atoms with Gasteiger partial charge in [0, 0.05) is 16.5 Å². The number of thiophene rings is 1. The molecule has 0 unspecified atom stereocenters. The first-order valence-corrected chi connectivity index (χ1v) is 6.91. The number of rotatable bonds is 0. The van der Waals surface area contributed by atoms with Gasteiger partial charge < -0.3 is 0 Å². The lowest BCUT2D eigenvalue weighted by molar-refractivity contribution is 0.593. The van der Waals surface area contributed by atoms with Crippen molar-refractivity contribution in [2.45, 2.75) is 52.4 Å². The Balaban J connectivity index is 2.70. The smallest absolute Gasteiger partial charge is 0.123 e. The molecular weight excluding hydrogens is 226 g/mol. The van der Waals surface area contributed by atoms with Crippen molar-refractivity contribution in [3.05, 3.63) is 28.8 Å². The molecule has 0 radical (unpaired) electrons. The molecule has 17 heavy (non-hydrogen) atoms. The Bertz CT molecular complexity index is 538. The summed E-state index contributed by atoms with van der Waals surface area (Å²) in [4.78, 5) is 7.09. The molecule has 2 heterocycles. The molecule has 0 bridgehead atoms. The molecule has 0 aromatic carbocycles. The molecule has 0 fully saturated rings. The Morgan fingerprint density at radius 1 is 1.00 bits per heavy atom. The summed E-state index contributed by atoms with van der Waals surface area (Å²) in [6, 6.07) is 4.48. The third-order valence-electron chi connectivity index (χ3n) is 2.98. The standard InChI is InChI=1S/C15H21NS/c1-14(2,3)11-7-8-16-13-10(11)9-12(17-13)15(4,5)6/h7-9H,1-6H3. The van der Waals surface area contributed by atoms with Gasteiger partial charge >= 0.3 is 0 Å². The maximum absolute atomic E-state index is 4.51. The first-order valence-electron chi connectivity index (χ1n) is 6.09. The first-order chi connectivity index (χ1) is 7.69. The quantitative estimate of drug-likeness (QED) is 0.646. The summed E-state index contributed by atoms with van der Waals surface area (Å²) in [6.07, 6.45) is 1.94. The highest BCUT2D eigenvalue weighted by Gasteiger charge is 2.22. The lowest BCUT2D eigenvalue weighted by Crippen LogP contribution is -2.11. The van der Waals surface area contributed by atoms with E-state index in [0.29, 0.717) is 0 Å². The van der Waals surface area contributed by atoms with Crippen molar-refractivity contribution in [1.82, 2.24) is 4.98 Å². The minimum absolute atomic E-state index is 0.178. The molecule has 1 nitrogen and oxygen atoms in total. The van der Waals surface area contributed by atoms with Gasteiger partial charge in [0.15, 0.2) is 0 Å². The van der Waals surface area contributed by atoms with Gasteiger partial charge in [-0.3, -0.25) is 0 Å². The van der Waals surface area contributed by atoms with Crippen LogP contribution in [0.2, 0.25) is 0 Å². The second-order valence-corrected chi connectivity index (χ2v) is 7.72. The predicted molar refractivity (Wildman–Crippen MR) is 77.0 cm³/mol. The van der Waals surface area contributed by atoms with Gasteiger partial charge in [-0.2, -0.15) is 0 Å². The topological polar surface area (TPSA) is 12.9 Å². The Morgan fingerprint density at radius 3 is 2.18 bits per heavy atom. The highest BCUT2D eigenvalue weighted by atomic mass is 32.1. The molecule has 92 valence electrons. The molecule has 2 rings (SSSR count). The Kier molecular flexibility index (Phi) is 2.81. The number of hydrogen-bond acceptors (Lipinski definition) is 2. The van der Waals surface area contributed by atoms with E-state index < -0.39 is 0 Å². The van der Waals surface area contributed by atoms with E-state index in [4.69, 9.17) is 0 Å². The molecule has 0 saturated carbocycles. The van der Waals surface area contributed by atoms with E-state index in [1.807, 2.05) is 17.5 Å². The van der Waals surface area contributed by atoms with Crippen molar-refractivity contribution in [1.29, 1.82) is 0 Å². The lowest BCUT2D eigenvalue weighted by Gasteiger charge is -2.19. The van der Waals surface area contributed by atoms with E-state index >= 15 is 0 Å². The van der Waals surface area contributed by atoms with Crippen molar-refractivity contribution in [3.8, 4) is 0 Å². The molecule has 0 N–H and O–H groups in total. The fraction of sp³-hybridized carbons (Fsp3) is 0.533. The molecule has 2 aromatic heterocycles. The van der Waals surface area contributed by atoms with Crippen LogP contribution in [0.15, 0.2) is 18.3 Å². The second-order valence-electron chi connectivity index (χ2n) is 6.69. The third kappa shape index (κ3) is 2.37. The number of fused-ring (bicyclic) bond motifs is 1. The summed E-state index contributed by atoms with van der Waals surface area (Å²) in [5.41, 5.74) is 1.78. The molecule has 0 spiro atoms. The number of pyridine rings is 1. The van der Waals surface area contributed by atoms with Gasteiger partial charge in [-0.1, -0.05) is 41.5 Å². The molecule has 0 aliphatic heterocycles. The van der Waals surface area contributed by atoms with Gasteiger partial charge in [-0.05, 0) is 28.5 Å². The fourth-order valence-electron chi connectivity index (χ4n) is 1.96. The average Bonchev–Trinajstić information content (AvgIpc) is 2.57. The van der Waals surface area contributed by atoms with Crippen molar-refractivity contribution >= 4 is 21.6 Å². The zero-order valence-electron chi connectivity index (χ0n) is 11.6. The zero-order valence-corrected chi connectivity index (χ0v) is 12.4. The summed E-state index contributed by atoms with van der Waals surface area (Å²) in [5.74, 6) is 0. The molecule has 2 aromatic rings. The molecule has 0 aliphatic carbocycles. The molecule has 0 aliphatic rings. The van der Waals surface area contributed by atoms with Gasteiger partial charge in [0.1, 0.15) is 4.83 Å². The second kappa shape index (κ2) is 3.81. The van der Waals surface area contributed by atoms with Crippen LogP contribution in [0.5, 0.6) is 0 Å². The third-order valence-corrected chi connectivity index (χ3v) is 4.45. The van der Waals surface area contributed by atoms with E-state index in [1.54, 1.807) is 0 Å². The summed E-state index contributed by atoms with van der Waals surface area (Å²) in [7, 11) is 0. The van der Waals surface area contributed by atoms with Crippen LogP contribution in [0, 0.1) is 0 Å². The number of hydrogen-bond donors (Lipinski definition) is 0. The van der Waals surface area contributed by atoms with Crippen molar-refractivity contribution < 1.29 is 0 Å². The van der Waals surface area contributed by atoms with E-state index in [-0.39, 0.29) is 10.8 Å². The molecule has 0 atom stereocenters. The lowest BCUT2D eigenvalue weighted by atomic mass is 9.85. The Labute approximate surface area is 108 Å². The van der Waals surface area contributed by atoms with E-state index in [2.05, 4.69) is 58.7 Å². The number of nitrogens with zero attached hydrogens (tertiary/aromatic N) is 1. The van der Waals surface area contributed by atoms with Crippen LogP contribution >= 0.6 is 11.3 Å². The molecule has 0 saturated heterocycles. The van der Waals surface area contributed by atoms with E-state index in [1.165, 1.54) is 20.7 Å². The molecule has 2 heteroatoms. The Morgan fingerprint density at radius 2 is 1.65 bits per heavy atom. The van der Waals surface area contributed by atoms with Crippen LogP contribution in [-0.2, 0) is 10.8 Å².